The molecule has 0 heteroatoms. The van der Waals surface area contributed by atoms with Gasteiger partial charge >= 0.3 is 0 Å². The van der Waals surface area contributed by atoms with E-state index in [1.807, 2.05) is 0 Å². The first-order chi connectivity index (χ1) is 8.00. The maximum absolute atomic E-state index is 2.27. The molecule has 0 heterocycles. The Labute approximate surface area is 100 Å². The number of allylic oxidation sites excluding steroid dienone is 8. The Morgan fingerprint density at radius 3 is 1.25 bits per heavy atom. The average molecular weight is 216 g/mol. The van der Waals surface area contributed by atoms with Crippen molar-refractivity contribution < 1.29 is 0 Å². The van der Waals surface area contributed by atoms with Crippen molar-refractivity contribution in [1.82, 2.24) is 0 Å². The van der Waals surface area contributed by atoms with E-state index in [4.69, 9.17) is 0 Å². The van der Waals surface area contributed by atoms with Crippen LogP contribution in [0.3, 0.4) is 0 Å². The van der Waals surface area contributed by atoms with Gasteiger partial charge in [0.2, 0.25) is 0 Å². The Morgan fingerprint density at radius 1 is 0.375 bits per heavy atom. The fraction of sp³-hybridized carbons (Fsp3) is 0.500. The lowest BCUT2D eigenvalue weighted by Gasteiger charge is -1.99. The highest BCUT2D eigenvalue weighted by atomic mass is 14.0. The standard InChI is InChI=1S/C16H24/c1-2-4-6-8-10-12-14-16-15-13-11-9-7-5-3-1/h1-8H,9-16H2/b3-1+,4-2+,7-5-,8-6?. The van der Waals surface area contributed by atoms with Gasteiger partial charge < -0.3 is 0 Å². The largest absolute Gasteiger partial charge is 0.0845 e. The van der Waals surface area contributed by atoms with E-state index in [2.05, 4.69) is 48.6 Å². The molecular formula is C16H24. The number of rotatable bonds is 0. The van der Waals surface area contributed by atoms with Crippen molar-refractivity contribution in [3.63, 3.8) is 0 Å². The highest BCUT2D eigenvalue weighted by Crippen LogP contribution is 2.09. The molecule has 0 aromatic heterocycles. The topological polar surface area (TPSA) is 0 Å². The van der Waals surface area contributed by atoms with E-state index in [9.17, 15) is 0 Å². The molecule has 1 aliphatic carbocycles. The summed E-state index contributed by atoms with van der Waals surface area (Å²) in [6.07, 6.45) is 28.0. The summed E-state index contributed by atoms with van der Waals surface area (Å²) in [4.78, 5) is 0. The second-order valence-electron chi connectivity index (χ2n) is 4.32. The van der Waals surface area contributed by atoms with Gasteiger partial charge in [0.1, 0.15) is 0 Å². The summed E-state index contributed by atoms with van der Waals surface area (Å²) in [7, 11) is 0. The predicted octanol–water partition coefficient (Wildman–Crippen LogP) is 5.35. The van der Waals surface area contributed by atoms with E-state index in [0.29, 0.717) is 0 Å². The van der Waals surface area contributed by atoms with E-state index in [-0.39, 0.29) is 0 Å². The van der Waals surface area contributed by atoms with Crippen molar-refractivity contribution in [2.45, 2.75) is 51.4 Å². The maximum Gasteiger partial charge on any atom is -0.0348 e. The van der Waals surface area contributed by atoms with Crippen molar-refractivity contribution >= 4 is 0 Å². The third-order valence-corrected chi connectivity index (χ3v) is 2.82. The third-order valence-electron chi connectivity index (χ3n) is 2.82. The molecule has 0 saturated heterocycles. The summed E-state index contributed by atoms with van der Waals surface area (Å²) in [5.74, 6) is 0. The van der Waals surface area contributed by atoms with Gasteiger partial charge in [-0.1, -0.05) is 74.3 Å². The molecule has 0 aliphatic heterocycles. The Hall–Kier alpha value is -1.04. The van der Waals surface area contributed by atoms with Gasteiger partial charge in [-0.25, -0.2) is 0 Å². The zero-order valence-corrected chi connectivity index (χ0v) is 10.3. The SMILES string of the molecule is C1=CCCCCCCCC\C=C/C=C/C=C/1. The molecule has 0 unspecified atom stereocenters. The Morgan fingerprint density at radius 2 is 0.750 bits per heavy atom. The van der Waals surface area contributed by atoms with Crippen LogP contribution in [0.15, 0.2) is 48.6 Å². The molecule has 0 nitrogen and oxygen atoms in total. The van der Waals surface area contributed by atoms with Gasteiger partial charge in [0.15, 0.2) is 0 Å². The van der Waals surface area contributed by atoms with Crippen LogP contribution in [0, 0.1) is 0 Å². The monoisotopic (exact) mass is 216 g/mol. The van der Waals surface area contributed by atoms with Crippen LogP contribution in [0.2, 0.25) is 0 Å². The van der Waals surface area contributed by atoms with Crippen molar-refractivity contribution in [2.24, 2.45) is 0 Å². The van der Waals surface area contributed by atoms with Crippen LogP contribution in [0.1, 0.15) is 51.4 Å². The normalized spacial score (nSPS) is 26.0. The summed E-state index contributed by atoms with van der Waals surface area (Å²) in [6, 6.07) is 0. The van der Waals surface area contributed by atoms with Gasteiger partial charge in [-0.05, 0) is 25.7 Å². The minimum atomic E-state index is 1.23. The second-order valence-corrected chi connectivity index (χ2v) is 4.32. The summed E-state index contributed by atoms with van der Waals surface area (Å²) in [5.41, 5.74) is 0. The molecule has 0 aromatic carbocycles. The zero-order chi connectivity index (χ0) is 11.3. The Bertz CT molecular complexity index is 225. The van der Waals surface area contributed by atoms with E-state index in [1.54, 1.807) is 0 Å². The van der Waals surface area contributed by atoms with Gasteiger partial charge in [0.05, 0.1) is 0 Å². The molecule has 16 heavy (non-hydrogen) atoms. The smallest absolute Gasteiger partial charge is 0.0348 e. The maximum atomic E-state index is 2.27. The lowest BCUT2D eigenvalue weighted by atomic mass is 10.1. The second kappa shape index (κ2) is 10.5. The third kappa shape index (κ3) is 8.28. The average Bonchev–Trinajstić information content (AvgIpc) is 2.29. The Balaban J connectivity index is 2.31. The molecule has 0 fully saturated rings. The highest BCUT2D eigenvalue weighted by molar-refractivity contribution is 5.15. The lowest BCUT2D eigenvalue weighted by molar-refractivity contribution is 0.600. The number of hydrogen-bond donors (Lipinski definition) is 0. The Kier molecular flexibility index (Phi) is 8.53. The molecule has 0 atom stereocenters. The van der Waals surface area contributed by atoms with E-state index >= 15 is 0 Å². The van der Waals surface area contributed by atoms with Crippen LogP contribution in [0.5, 0.6) is 0 Å². The fourth-order valence-electron chi connectivity index (χ4n) is 1.84. The van der Waals surface area contributed by atoms with Crippen molar-refractivity contribution in [2.75, 3.05) is 0 Å². The molecule has 88 valence electrons. The van der Waals surface area contributed by atoms with Crippen molar-refractivity contribution in [3.8, 4) is 0 Å². The molecule has 0 bridgehead atoms. The molecule has 0 amide bonds. The molecule has 0 spiro atoms. The molecule has 0 saturated carbocycles. The van der Waals surface area contributed by atoms with Crippen molar-refractivity contribution in [1.29, 1.82) is 0 Å². The molecule has 0 radical (unpaired) electrons. The van der Waals surface area contributed by atoms with Gasteiger partial charge in [-0.15, -0.1) is 0 Å². The number of hydrogen-bond acceptors (Lipinski definition) is 0. The van der Waals surface area contributed by atoms with Gasteiger partial charge in [-0.3, -0.25) is 0 Å². The molecule has 0 N–H and O–H groups in total. The molecule has 0 aromatic rings. The quantitative estimate of drug-likeness (QED) is 0.512. The highest BCUT2D eigenvalue weighted by Gasteiger charge is 1.89. The fourth-order valence-corrected chi connectivity index (χ4v) is 1.84. The van der Waals surface area contributed by atoms with Crippen LogP contribution in [-0.4, -0.2) is 0 Å². The van der Waals surface area contributed by atoms with Gasteiger partial charge in [0, 0.05) is 0 Å². The first kappa shape index (κ1) is 13.0. The summed E-state index contributed by atoms with van der Waals surface area (Å²) < 4.78 is 0. The first-order valence-corrected chi connectivity index (χ1v) is 6.65. The van der Waals surface area contributed by atoms with Crippen LogP contribution in [-0.2, 0) is 0 Å². The van der Waals surface area contributed by atoms with Crippen LogP contribution in [0.25, 0.3) is 0 Å². The summed E-state index contributed by atoms with van der Waals surface area (Å²) >= 11 is 0. The van der Waals surface area contributed by atoms with Crippen LogP contribution in [0.4, 0.5) is 0 Å². The molecule has 1 rings (SSSR count). The molecular weight excluding hydrogens is 192 g/mol. The summed E-state index contributed by atoms with van der Waals surface area (Å²) in [5, 5.41) is 0. The molecule has 1 aliphatic rings. The van der Waals surface area contributed by atoms with E-state index < -0.39 is 0 Å². The lowest BCUT2D eigenvalue weighted by Crippen LogP contribution is -1.79. The van der Waals surface area contributed by atoms with E-state index in [0.717, 1.165) is 0 Å². The van der Waals surface area contributed by atoms with Crippen molar-refractivity contribution in [3.05, 3.63) is 48.6 Å². The minimum Gasteiger partial charge on any atom is -0.0845 e. The predicted molar refractivity (Wildman–Crippen MR) is 73.5 cm³/mol. The van der Waals surface area contributed by atoms with Gasteiger partial charge in [0.25, 0.3) is 0 Å². The minimum absolute atomic E-state index is 1.23. The van der Waals surface area contributed by atoms with Crippen LogP contribution < -0.4 is 0 Å². The zero-order valence-electron chi connectivity index (χ0n) is 10.3. The van der Waals surface area contributed by atoms with Crippen LogP contribution >= 0.6 is 0 Å². The van der Waals surface area contributed by atoms with E-state index in [1.165, 1.54) is 51.4 Å². The first-order valence-electron chi connectivity index (χ1n) is 6.65. The van der Waals surface area contributed by atoms with Gasteiger partial charge in [-0.2, -0.15) is 0 Å². The summed E-state index contributed by atoms with van der Waals surface area (Å²) in [6.45, 7) is 0.